The Bertz CT molecular complexity index is 360. The first-order valence-electron chi connectivity index (χ1n) is 4.98. The van der Waals surface area contributed by atoms with Crippen molar-refractivity contribution in [2.45, 2.75) is 10.9 Å². The Hall–Kier alpha value is -0.230. The smallest absolute Gasteiger partial charge is 0.0624 e. The average molecular weight is 306 g/mol. The number of hydrogen-bond acceptors (Lipinski definition) is 3. The second-order valence-corrected chi connectivity index (χ2v) is 5.70. The lowest BCUT2D eigenvalue weighted by Crippen LogP contribution is -2.35. The minimum absolute atomic E-state index is 0.109. The molecule has 5 heteroatoms. The molecule has 1 aromatic carbocycles. The molecular formula is C11H16BrNO2S. The highest BCUT2D eigenvalue weighted by Crippen LogP contribution is 2.20. The summed E-state index contributed by atoms with van der Waals surface area (Å²) >= 11 is 3.40. The van der Waals surface area contributed by atoms with E-state index < -0.39 is 10.8 Å². The van der Waals surface area contributed by atoms with Crippen LogP contribution in [0.5, 0.6) is 0 Å². The molecule has 0 heterocycles. The zero-order valence-corrected chi connectivity index (χ0v) is 11.8. The molecule has 0 saturated heterocycles. The molecule has 1 aromatic rings. The predicted octanol–water partition coefficient (Wildman–Crippen LogP) is 1.79. The van der Waals surface area contributed by atoms with Crippen LogP contribution >= 0.6 is 15.9 Å². The summed E-state index contributed by atoms with van der Waals surface area (Å²) in [4.78, 5) is 0.832. The monoisotopic (exact) mass is 305 g/mol. The molecule has 3 nitrogen and oxygen atoms in total. The topological polar surface area (TPSA) is 38.3 Å². The van der Waals surface area contributed by atoms with Crippen molar-refractivity contribution in [2.75, 3.05) is 26.5 Å². The summed E-state index contributed by atoms with van der Waals surface area (Å²) in [7, 11) is 2.48. The maximum atomic E-state index is 12.1. The number of benzene rings is 1. The number of likely N-dealkylation sites (N-methyl/N-ethyl adjacent to an activating group) is 1. The van der Waals surface area contributed by atoms with Crippen LogP contribution in [0.3, 0.4) is 0 Å². The summed E-state index contributed by atoms with van der Waals surface area (Å²) in [5.74, 6) is 0.549. The molecule has 2 atom stereocenters. The minimum Gasteiger partial charge on any atom is -0.383 e. The van der Waals surface area contributed by atoms with Gasteiger partial charge < -0.3 is 10.1 Å². The van der Waals surface area contributed by atoms with Crippen LogP contribution in [0, 0.1) is 0 Å². The van der Waals surface area contributed by atoms with Gasteiger partial charge in [0.25, 0.3) is 0 Å². The van der Waals surface area contributed by atoms with Crippen LogP contribution < -0.4 is 5.32 Å². The van der Waals surface area contributed by atoms with E-state index in [9.17, 15) is 4.21 Å². The molecule has 1 rings (SSSR count). The van der Waals surface area contributed by atoms with Gasteiger partial charge in [-0.25, -0.2) is 0 Å². The van der Waals surface area contributed by atoms with Crippen molar-refractivity contribution in [3.05, 3.63) is 28.7 Å². The van der Waals surface area contributed by atoms with E-state index in [-0.39, 0.29) is 6.04 Å². The fourth-order valence-corrected chi connectivity index (χ4v) is 3.47. The molecule has 0 aliphatic rings. The van der Waals surface area contributed by atoms with Gasteiger partial charge in [-0.15, -0.1) is 0 Å². The van der Waals surface area contributed by atoms with Gasteiger partial charge in [0.05, 0.1) is 22.3 Å². The third kappa shape index (κ3) is 3.97. The number of hydrogen-bond donors (Lipinski definition) is 1. The highest BCUT2D eigenvalue weighted by Gasteiger charge is 2.13. The van der Waals surface area contributed by atoms with Gasteiger partial charge in [-0.1, -0.05) is 12.1 Å². The van der Waals surface area contributed by atoms with Crippen molar-refractivity contribution < 1.29 is 8.95 Å². The maximum absolute atomic E-state index is 12.1. The van der Waals surface area contributed by atoms with E-state index in [1.54, 1.807) is 7.11 Å². The molecule has 0 fully saturated rings. The number of methoxy groups -OCH3 is 1. The predicted molar refractivity (Wildman–Crippen MR) is 70.1 cm³/mol. The van der Waals surface area contributed by atoms with Crippen molar-refractivity contribution in [3.8, 4) is 0 Å². The number of halogens is 1. The summed E-state index contributed by atoms with van der Waals surface area (Å²) in [5.41, 5.74) is 0. The summed E-state index contributed by atoms with van der Waals surface area (Å²) in [6.07, 6.45) is 0. The average Bonchev–Trinajstić information content (AvgIpc) is 2.28. The molecule has 0 bridgehead atoms. The van der Waals surface area contributed by atoms with E-state index in [1.807, 2.05) is 31.3 Å². The Balaban J connectivity index is 2.68. The molecule has 0 aliphatic heterocycles. The number of rotatable bonds is 6. The molecule has 0 aromatic heterocycles. The molecular weight excluding hydrogens is 290 g/mol. The molecule has 0 amide bonds. The molecule has 16 heavy (non-hydrogen) atoms. The third-order valence-electron chi connectivity index (χ3n) is 2.21. The molecule has 1 N–H and O–H groups in total. The Labute approximate surface area is 107 Å². The van der Waals surface area contributed by atoms with Crippen molar-refractivity contribution in [1.29, 1.82) is 0 Å². The van der Waals surface area contributed by atoms with E-state index in [0.29, 0.717) is 12.4 Å². The first-order chi connectivity index (χ1) is 7.69. The molecule has 0 spiro atoms. The minimum atomic E-state index is -1.02. The maximum Gasteiger partial charge on any atom is 0.0624 e. The molecule has 0 saturated carbocycles. The second kappa shape index (κ2) is 7.17. The van der Waals surface area contributed by atoms with E-state index >= 15 is 0 Å². The van der Waals surface area contributed by atoms with E-state index in [1.165, 1.54) is 0 Å². The Morgan fingerprint density at radius 1 is 1.50 bits per heavy atom. The number of ether oxygens (including phenoxy) is 1. The first-order valence-corrected chi connectivity index (χ1v) is 7.09. The van der Waals surface area contributed by atoms with Crippen molar-refractivity contribution >= 4 is 26.7 Å². The molecule has 90 valence electrons. The van der Waals surface area contributed by atoms with Gasteiger partial charge in [0, 0.05) is 23.4 Å². The zero-order valence-electron chi connectivity index (χ0n) is 9.40. The van der Waals surface area contributed by atoms with Crippen molar-refractivity contribution in [2.24, 2.45) is 0 Å². The standard InChI is InChI=1S/C11H16BrNO2S/c1-13-9(7-15-2)8-16(14)11-6-4-3-5-10(11)12/h3-6,9,13H,7-8H2,1-2H3. The first kappa shape index (κ1) is 13.8. The van der Waals surface area contributed by atoms with Crippen molar-refractivity contribution in [1.82, 2.24) is 5.32 Å². The quantitative estimate of drug-likeness (QED) is 0.871. The summed E-state index contributed by atoms with van der Waals surface area (Å²) in [5, 5.41) is 3.09. The van der Waals surface area contributed by atoms with E-state index in [0.717, 1.165) is 9.37 Å². The van der Waals surface area contributed by atoms with Gasteiger partial charge >= 0.3 is 0 Å². The van der Waals surface area contributed by atoms with Gasteiger partial charge in [0.15, 0.2) is 0 Å². The van der Waals surface area contributed by atoms with Crippen LogP contribution in [-0.4, -0.2) is 36.8 Å². The summed E-state index contributed by atoms with van der Waals surface area (Å²) in [6.45, 7) is 0.562. The normalized spacial score (nSPS) is 14.7. The van der Waals surface area contributed by atoms with Crippen LogP contribution in [0.25, 0.3) is 0 Å². The second-order valence-electron chi connectivity index (χ2n) is 3.38. The lowest BCUT2D eigenvalue weighted by molar-refractivity contribution is 0.176. The highest BCUT2D eigenvalue weighted by molar-refractivity contribution is 9.10. The fourth-order valence-electron chi connectivity index (χ4n) is 1.32. The zero-order chi connectivity index (χ0) is 12.0. The van der Waals surface area contributed by atoms with Crippen LogP contribution in [-0.2, 0) is 15.5 Å². The van der Waals surface area contributed by atoms with Crippen LogP contribution in [0.2, 0.25) is 0 Å². The lowest BCUT2D eigenvalue weighted by atomic mass is 10.4. The van der Waals surface area contributed by atoms with Crippen LogP contribution in [0.4, 0.5) is 0 Å². The lowest BCUT2D eigenvalue weighted by Gasteiger charge is -2.14. The van der Waals surface area contributed by atoms with Crippen LogP contribution in [0.15, 0.2) is 33.6 Å². The summed E-state index contributed by atoms with van der Waals surface area (Å²) in [6, 6.07) is 7.69. The SMILES string of the molecule is CNC(COC)CS(=O)c1ccccc1Br. The largest absolute Gasteiger partial charge is 0.383 e. The van der Waals surface area contributed by atoms with E-state index in [2.05, 4.69) is 21.2 Å². The molecule has 0 aliphatic carbocycles. The van der Waals surface area contributed by atoms with Crippen LogP contribution in [0.1, 0.15) is 0 Å². The summed E-state index contributed by atoms with van der Waals surface area (Å²) < 4.78 is 18.0. The Morgan fingerprint density at radius 2 is 2.19 bits per heavy atom. The van der Waals surface area contributed by atoms with Gasteiger partial charge in [0.1, 0.15) is 0 Å². The molecule has 2 unspecified atom stereocenters. The van der Waals surface area contributed by atoms with Gasteiger partial charge in [-0.2, -0.15) is 0 Å². The Kier molecular flexibility index (Phi) is 6.20. The third-order valence-corrected chi connectivity index (χ3v) is 4.72. The fraction of sp³-hybridized carbons (Fsp3) is 0.455. The van der Waals surface area contributed by atoms with Gasteiger partial charge in [0.2, 0.25) is 0 Å². The van der Waals surface area contributed by atoms with E-state index in [4.69, 9.17) is 4.74 Å². The number of nitrogens with one attached hydrogen (secondary N) is 1. The van der Waals surface area contributed by atoms with Gasteiger partial charge in [-0.3, -0.25) is 4.21 Å². The Morgan fingerprint density at radius 3 is 2.75 bits per heavy atom. The van der Waals surface area contributed by atoms with Crippen molar-refractivity contribution in [3.63, 3.8) is 0 Å². The van der Waals surface area contributed by atoms with Gasteiger partial charge in [-0.05, 0) is 35.1 Å². The molecule has 0 radical (unpaired) electrons. The highest BCUT2D eigenvalue weighted by atomic mass is 79.9.